The van der Waals surface area contributed by atoms with Crippen molar-refractivity contribution in [1.82, 2.24) is 5.32 Å². The normalized spacial score (nSPS) is 23.5. The van der Waals surface area contributed by atoms with Crippen LogP contribution in [0.25, 0.3) is 0 Å². The number of nitrogens with one attached hydrogen (secondary N) is 1. The Hall–Kier alpha value is -1.02. The van der Waals surface area contributed by atoms with Gasteiger partial charge in [0.2, 0.25) is 0 Å². The molecule has 1 aliphatic carbocycles. The molecular formula is C14H22N2. The van der Waals surface area contributed by atoms with Gasteiger partial charge in [0.25, 0.3) is 0 Å². The van der Waals surface area contributed by atoms with Gasteiger partial charge in [-0.3, -0.25) is 0 Å². The summed E-state index contributed by atoms with van der Waals surface area (Å²) >= 11 is 0. The zero-order chi connectivity index (χ0) is 11.6. The molecule has 1 aliphatic rings. The summed E-state index contributed by atoms with van der Waals surface area (Å²) in [4.78, 5) is 0. The van der Waals surface area contributed by atoms with Gasteiger partial charge in [0, 0.05) is 18.3 Å². The average molecular weight is 218 g/mol. The largest absolute Gasteiger partial charge is 0.398 e. The van der Waals surface area contributed by atoms with Crippen molar-refractivity contribution in [2.75, 3.05) is 5.73 Å². The molecule has 1 atom stereocenters. The third kappa shape index (κ3) is 2.38. The highest BCUT2D eigenvalue weighted by atomic mass is 14.9. The van der Waals surface area contributed by atoms with E-state index in [1.165, 1.54) is 24.8 Å². The molecule has 1 unspecified atom stereocenters. The van der Waals surface area contributed by atoms with Crippen molar-refractivity contribution in [1.29, 1.82) is 0 Å². The van der Waals surface area contributed by atoms with E-state index in [4.69, 9.17) is 5.73 Å². The van der Waals surface area contributed by atoms with Crippen molar-refractivity contribution in [3.63, 3.8) is 0 Å². The second kappa shape index (κ2) is 4.46. The lowest BCUT2D eigenvalue weighted by atomic mass is 9.87. The molecule has 0 bridgehead atoms. The summed E-state index contributed by atoms with van der Waals surface area (Å²) in [5, 5.41) is 3.65. The second-order valence-corrected chi connectivity index (χ2v) is 5.51. The molecule has 0 heterocycles. The predicted molar refractivity (Wildman–Crippen MR) is 69.1 cm³/mol. The van der Waals surface area contributed by atoms with Crippen LogP contribution < -0.4 is 11.1 Å². The Labute approximate surface area is 98.2 Å². The Bertz CT molecular complexity index is 358. The zero-order valence-electron chi connectivity index (χ0n) is 10.3. The number of nitrogen functional groups attached to an aromatic ring is 1. The van der Waals surface area contributed by atoms with Crippen LogP contribution in [0.5, 0.6) is 0 Å². The maximum absolute atomic E-state index is 5.93. The van der Waals surface area contributed by atoms with Gasteiger partial charge in [0.1, 0.15) is 0 Å². The van der Waals surface area contributed by atoms with Gasteiger partial charge in [-0.2, -0.15) is 0 Å². The number of hydrogen-bond acceptors (Lipinski definition) is 2. The maximum atomic E-state index is 5.93. The fraction of sp³-hybridized carbons (Fsp3) is 0.571. The standard InChI is InChI=1S/C14H22N2/c1-14(2)9-5-8-13(14)16-10-11-6-3-4-7-12(11)15/h3-4,6-7,13,16H,5,8-10,15H2,1-2H3. The van der Waals surface area contributed by atoms with Crippen LogP contribution >= 0.6 is 0 Å². The van der Waals surface area contributed by atoms with Crippen molar-refractivity contribution < 1.29 is 0 Å². The van der Waals surface area contributed by atoms with Crippen LogP contribution in [-0.4, -0.2) is 6.04 Å². The first-order valence-electron chi connectivity index (χ1n) is 6.16. The Morgan fingerprint density at radius 3 is 2.75 bits per heavy atom. The number of hydrogen-bond donors (Lipinski definition) is 2. The van der Waals surface area contributed by atoms with Gasteiger partial charge >= 0.3 is 0 Å². The smallest absolute Gasteiger partial charge is 0.0359 e. The molecule has 1 aromatic rings. The summed E-state index contributed by atoms with van der Waals surface area (Å²) in [6.07, 6.45) is 3.96. The summed E-state index contributed by atoms with van der Waals surface area (Å²) in [7, 11) is 0. The van der Waals surface area contributed by atoms with Crippen LogP contribution in [0.4, 0.5) is 5.69 Å². The molecule has 0 saturated heterocycles. The lowest BCUT2D eigenvalue weighted by Crippen LogP contribution is -2.37. The van der Waals surface area contributed by atoms with Crippen molar-refractivity contribution in [2.45, 2.75) is 45.7 Å². The lowest BCUT2D eigenvalue weighted by molar-refractivity contribution is 0.282. The number of rotatable bonds is 3. The average Bonchev–Trinajstić information content (AvgIpc) is 2.57. The van der Waals surface area contributed by atoms with Crippen LogP contribution in [-0.2, 0) is 6.54 Å². The predicted octanol–water partition coefficient (Wildman–Crippen LogP) is 2.94. The molecule has 1 aromatic carbocycles. The molecule has 16 heavy (non-hydrogen) atoms. The van der Waals surface area contributed by atoms with E-state index in [-0.39, 0.29) is 0 Å². The highest BCUT2D eigenvalue weighted by Crippen LogP contribution is 2.37. The molecule has 0 amide bonds. The molecule has 88 valence electrons. The van der Waals surface area contributed by atoms with Crippen molar-refractivity contribution in [3.8, 4) is 0 Å². The Morgan fingerprint density at radius 2 is 2.12 bits per heavy atom. The fourth-order valence-corrected chi connectivity index (χ4v) is 2.63. The van der Waals surface area contributed by atoms with Crippen molar-refractivity contribution >= 4 is 5.69 Å². The van der Waals surface area contributed by atoms with Crippen LogP contribution in [0.2, 0.25) is 0 Å². The van der Waals surface area contributed by atoms with Gasteiger partial charge in [-0.25, -0.2) is 0 Å². The second-order valence-electron chi connectivity index (χ2n) is 5.51. The van der Waals surface area contributed by atoms with Crippen molar-refractivity contribution in [2.24, 2.45) is 5.41 Å². The summed E-state index contributed by atoms with van der Waals surface area (Å²) in [5.74, 6) is 0. The highest BCUT2D eigenvalue weighted by molar-refractivity contribution is 5.46. The molecule has 1 fully saturated rings. The molecule has 2 nitrogen and oxygen atoms in total. The molecule has 3 N–H and O–H groups in total. The summed E-state index contributed by atoms with van der Waals surface area (Å²) in [6, 6.07) is 8.74. The molecule has 2 rings (SSSR count). The van der Waals surface area contributed by atoms with Gasteiger partial charge in [-0.15, -0.1) is 0 Å². The van der Waals surface area contributed by atoms with Crippen LogP contribution in [0, 0.1) is 5.41 Å². The van der Waals surface area contributed by atoms with E-state index in [1.807, 2.05) is 18.2 Å². The van der Waals surface area contributed by atoms with Crippen molar-refractivity contribution in [3.05, 3.63) is 29.8 Å². The molecule has 0 radical (unpaired) electrons. The number of para-hydroxylation sites is 1. The Balaban J connectivity index is 1.95. The molecule has 0 aliphatic heterocycles. The van der Waals surface area contributed by atoms with E-state index in [0.717, 1.165) is 12.2 Å². The van der Waals surface area contributed by atoms with Gasteiger partial charge < -0.3 is 11.1 Å². The highest BCUT2D eigenvalue weighted by Gasteiger charge is 2.33. The molecular weight excluding hydrogens is 196 g/mol. The maximum Gasteiger partial charge on any atom is 0.0359 e. The topological polar surface area (TPSA) is 38.0 Å². The van der Waals surface area contributed by atoms with Crippen LogP contribution in [0.1, 0.15) is 38.7 Å². The van der Waals surface area contributed by atoms with Gasteiger partial charge in [-0.1, -0.05) is 38.5 Å². The molecule has 1 saturated carbocycles. The van der Waals surface area contributed by atoms with Crippen LogP contribution in [0.15, 0.2) is 24.3 Å². The van der Waals surface area contributed by atoms with E-state index in [1.54, 1.807) is 0 Å². The summed E-state index contributed by atoms with van der Waals surface area (Å²) in [6.45, 7) is 5.60. The fourth-order valence-electron chi connectivity index (χ4n) is 2.63. The Kier molecular flexibility index (Phi) is 3.20. The lowest BCUT2D eigenvalue weighted by Gasteiger charge is -2.28. The number of nitrogens with two attached hydrogens (primary N) is 1. The quantitative estimate of drug-likeness (QED) is 0.765. The minimum absolute atomic E-state index is 0.434. The summed E-state index contributed by atoms with van der Waals surface area (Å²) in [5.41, 5.74) is 8.47. The van der Waals surface area contributed by atoms with Crippen LogP contribution in [0.3, 0.4) is 0 Å². The third-order valence-electron chi connectivity index (χ3n) is 3.85. The minimum Gasteiger partial charge on any atom is -0.398 e. The van der Waals surface area contributed by atoms with E-state index < -0.39 is 0 Å². The van der Waals surface area contributed by atoms with E-state index in [9.17, 15) is 0 Å². The van der Waals surface area contributed by atoms with Gasteiger partial charge in [0.05, 0.1) is 0 Å². The molecule has 2 heteroatoms. The first-order valence-corrected chi connectivity index (χ1v) is 6.16. The first-order chi connectivity index (χ1) is 7.59. The minimum atomic E-state index is 0.434. The first kappa shape index (κ1) is 11.5. The van der Waals surface area contributed by atoms with E-state index in [0.29, 0.717) is 11.5 Å². The third-order valence-corrected chi connectivity index (χ3v) is 3.85. The summed E-state index contributed by atoms with van der Waals surface area (Å²) < 4.78 is 0. The van der Waals surface area contributed by atoms with E-state index >= 15 is 0 Å². The monoisotopic (exact) mass is 218 g/mol. The van der Waals surface area contributed by atoms with Gasteiger partial charge in [-0.05, 0) is 29.9 Å². The zero-order valence-corrected chi connectivity index (χ0v) is 10.3. The Morgan fingerprint density at radius 1 is 1.38 bits per heavy atom. The molecule has 0 aromatic heterocycles. The number of benzene rings is 1. The molecule has 0 spiro atoms. The number of anilines is 1. The van der Waals surface area contributed by atoms with E-state index in [2.05, 4.69) is 25.2 Å². The van der Waals surface area contributed by atoms with Gasteiger partial charge in [0.15, 0.2) is 0 Å². The SMILES string of the molecule is CC1(C)CCCC1NCc1ccccc1N.